The minimum absolute atomic E-state index is 0.107. The summed E-state index contributed by atoms with van der Waals surface area (Å²) in [5.74, 6) is 0.491. The molecule has 0 radical (unpaired) electrons. The van der Waals surface area contributed by atoms with Gasteiger partial charge < -0.3 is 15.0 Å². The zero-order valence-electron chi connectivity index (χ0n) is 18.8. The van der Waals surface area contributed by atoms with Crippen molar-refractivity contribution in [2.45, 2.75) is 46.3 Å². The number of H-pyrrole nitrogens is 1. The standard InChI is InChI=1S/C24H33N5O2/c1-17(2)8-12-29-22-9-11-28(15-19-14-18-6-4-5-7-21(18)26-19)16-20(22)23(27-29)24(30)25-10-13-31-3/h4-7,14,17,26H,8-13,15-16H2,1-3H3,(H,25,30). The topological polar surface area (TPSA) is 75.2 Å². The summed E-state index contributed by atoms with van der Waals surface area (Å²) in [4.78, 5) is 18.8. The summed E-state index contributed by atoms with van der Waals surface area (Å²) < 4.78 is 7.14. The van der Waals surface area contributed by atoms with Crippen LogP contribution in [0.5, 0.6) is 0 Å². The van der Waals surface area contributed by atoms with Crippen LogP contribution < -0.4 is 5.32 Å². The lowest BCUT2D eigenvalue weighted by molar-refractivity contribution is 0.0929. The number of rotatable bonds is 9. The molecule has 1 aliphatic heterocycles. The third-order valence-electron chi connectivity index (χ3n) is 5.92. The number of aromatic amines is 1. The Morgan fingerprint density at radius 1 is 1.32 bits per heavy atom. The molecule has 1 aromatic carbocycles. The lowest BCUT2D eigenvalue weighted by Gasteiger charge is -2.27. The highest BCUT2D eigenvalue weighted by Crippen LogP contribution is 2.25. The predicted molar refractivity (Wildman–Crippen MR) is 122 cm³/mol. The second-order valence-electron chi connectivity index (χ2n) is 8.77. The van der Waals surface area contributed by atoms with Crippen molar-refractivity contribution in [3.05, 3.63) is 53.0 Å². The molecule has 0 spiro atoms. The van der Waals surface area contributed by atoms with Gasteiger partial charge in [0, 0.05) is 68.7 Å². The first kappa shape index (κ1) is 21.6. The lowest BCUT2D eigenvalue weighted by atomic mass is 10.0. The fourth-order valence-electron chi connectivity index (χ4n) is 4.24. The van der Waals surface area contributed by atoms with Crippen molar-refractivity contribution in [2.24, 2.45) is 5.92 Å². The monoisotopic (exact) mass is 423 g/mol. The van der Waals surface area contributed by atoms with Gasteiger partial charge in [0.15, 0.2) is 5.69 Å². The molecular weight excluding hydrogens is 390 g/mol. The molecule has 0 unspecified atom stereocenters. The molecule has 4 rings (SSSR count). The van der Waals surface area contributed by atoms with E-state index >= 15 is 0 Å². The maximum Gasteiger partial charge on any atom is 0.272 e. The first-order valence-electron chi connectivity index (χ1n) is 11.2. The van der Waals surface area contributed by atoms with E-state index in [0.29, 0.717) is 24.8 Å². The number of benzene rings is 1. The van der Waals surface area contributed by atoms with Crippen LogP contribution in [0.4, 0.5) is 0 Å². The van der Waals surface area contributed by atoms with Gasteiger partial charge in [-0.3, -0.25) is 14.4 Å². The number of nitrogens with zero attached hydrogens (tertiary/aromatic N) is 3. The third kappa shape index (κ3) is 4.99. The number of amides is 1. The molecule has 7 heteroatoms. The summed E-state index contributed by atoms with van der Waals surface area (Å²) in [6.45, 7) is 8.80. The number of aryl methyl sites for hydroxylation is 1. The van der Waals surface area contributed by atoms with Crippen LogP contribution in [0.1, 0.15) is 47.7 Å². The molecule has 1 amide bonds. The predicted octanol–water partition coefficient (Wildman–Crippen LogP) is 3.35. The molecule has 0 saturated heterocycles. The normalized spacial score (nSPS) is 14.3. The van der Waals surface area contributed by atoms with E-state index in [1.54, 1.807) is 7.11 Å². The average Bonchev–Trinajstić information content (AvgIpc) is 3.32. The molecule has 2 aromatic heterocycles. The SMILES string of the molecule is COCCNC(=O)c1nn(CCC(C)C)c2c1CN(Cc1cc3ccccc3[nH]1)CC2. The summed E-state index contributed by atoms with van der Waals surface area (Å²) >= 11 is 0. The van der Waals surface area contributed by atoms with Gasteiger partial charge in [-0.1, -0.05) is 32.0 Å². The number of carbonyl (C=O) groups is 1. The summed E-state index contributed by atoms with van der Waals surface area (Å²) in [7, 11) is 1.64. The molecule has 1 aliphatic rings. The fraction of sp³-hybridized carbons (Fsp3) is 0.500. The quantitative estimate of drug-likeness (QED) is 0.518. The van der Waals surface area contributed by atoms with Gasteiger partial charge in [-0.2, -0.15) is 5.10 Å². The Labute approximate surface area is 183 Å². The van der Waals surface area contributed by atoms with Gasteiger partial charge in [0.05, 0.1) is 6.61 Å². The molecule has 3 aromatic rings. The van der Waals surface area contributed by atoms with Crippen LogP contribution in [-0.4, -0.2) is 52.4 Å². The molecule has 3 heterocycles. The van der Waals surface area contributed by atoms with Crippen LogP contribution in [0.2, 0.25) is 0 Å². The van der Waals surface area contributed by atoms with Crippen LogP contribution in [0.15, 0.2) is 30.3 Å². The summed E-state index contributed by atoms with van der Waals surface area (Å²) in [6.07, 6.45) is 1.96. The van der Waals surface area contributed by atoms with E-state index in [4.69, 9.17) is 9.84 Å². The zero-order valence-corrected chi connectivity index (χ0v) is 18.8. The van der Waals surface area contributed by atoms with Crippen molar-refractivity contribution in [3.63, 3.8) is 0 Å². The second kappa shape index (κ2) is 9.66. The largest absolute Gasteiger partial charge is 0.383 e. The molecule has 0 fully saturated rings. The maximum atomic E-state index is 12.9. The number of hydrogen-bond donors (Lipinski definition) is 2. The number of fused-ring (bicyclic) bond motifs is 2. The number of methoxy groups -OCH3 is 1. The van der Waals surface area contributed by atoms with E-state index in [2.05, 4.69) is 64.1 Å². The van der Waals surface area contributed by atoms with Gasteiger partial charge in [-0.15, -0.1) is 0 Å². The van der Waals surface area contributed by atoms with Crippen molar-refractivity contribution < 1.29 is 9.53 Å². The van der Waals surface area contributed by atoms with E-state index in [9.17, 15) is 4.79 Å². The first-order valence-corrected chi connectivity index (χ1v) is 11.2. The molecule has 166 valence electrons. The van der Waals surface area contributed by atoms with Crippen LogP contribution in [0, 0.1) is 5.92 Å². The fourth-order valence-corrected chi connectivity index (χ4v) is 4.24. The van der Waals surface area contributed by atoms with Gasteiger partial charge in [-0.25, -0.2) is 0 Å². The number of hydrogen-bond acceptors (Lipinski definition) is 4. The molecule has 2 N–H and O–H groups in total. The van der Waals surface area contributed by atoms with E-state index in [1.807, 2.05) is 0 Å². The third-order valence-corrected chi connectivity index (χ3v) is 5.92. The van der Waals surface area contributed by atoms with Crippen LogP contribution in [0.3, 0.4) is 0 Å². The molecule has 31 heavy (non-hydrogen) atoms. The highest BCUT2D eigenvalue weighted by molar-refractivity contribution is 5.94. The minimum atomic E-state index is -0.107. The van der Waals surface area contributed by atoms with Gasteiger partial charge in [0.25, 0.3) is 5.91 Å². The Balaban J connectivity index is 1.54. The average molecular weight is 424 g/mol. The Morgan fingerprint density at radius 3 is 2.94 bits per heavy atom. The molecular formula is C24H33N5O2. The zero-order chi connectivity index (χ0) is 21.8. The number of para-hydroxylation sites is 1. The lowest BCUT2D eigenvalue weighted by Crippen LogP contribution is -2.33. The molecule has 7 nitrogen and oxygen atoms in total. The molecule has 0 atom stereocenters. The van der Waals surface area contributed by atoms with Gasteiger partial charge in [0.1, 0.15) is 0 Å². The van der Waals surface area contributed by atoms with Crippen molar-refractivity contribution in [1.29, 1.82) is 0 Å². The molecule has 0 saturated carbocycles. The maximum absolute atomic E-state index is 12.9. The van der Waals surface area contributed by atoms with Gasteiger partial charge in [-0.05, 0) is 29.9 Å². The van der Waals surface area contributed by atoms with Crippen molar-refractivity contribution in [2.75, 3.05) is 26.8 Å². The molecule has 0 aliphatic carbocycles. The van der Waals surface area contributed by atoms with Crippen LogP contribution >= 0.6 is 0 Å². The number of carbonyl (C=O) groups excluding carboxylic acids is 1. The summed E-state index contributed by atoms with van der Waals surface area (Å²) in [5, 5.41) is 8.93. The highest BCUT2D eigenvalue weighted by Gasteiger charge is 2.28. The van der Waals surface area contributed by atoms with Crippen molar-refractivity contribution in [1.82, 2.24) is 25.0 Å². The minimum Gasteiger partial charge on any atom is -0.383 e. The summed E-state index contributed by atoms with van der Waals surface area (Å²) in [6, 6.07) is 10.6. The van der Waals surface area contributed by atoms with Gasteiger partial charge >= 0.3 is 0 Å². The number of nitrogens with one attached hydrogen (secondary N) is 2. The second-order valence-corrected chi connectivity index (χ2v) is 8.77. The summed E-state index contributed by atoms with van der Waals surface area (Å²) in [5.41, 5.74) is 5.21. The number of ether oxygens (including phenoxy) is 1. The number of aromatic nitrogens is 3. The Morgan fingerprint density at radius 2 is 2.16 bits per heavy atom. The van der Waals surface area contributed by atoms with E-state index in [1.165, 1.54) is 16.8 Å². The van der Waals surface area contributed by atoms with Crippen LogP contribution in [0.25, 0.3) is 10.9 Å². The van der Waals surface area contributed by atoms with E-state index < -0.39 is 0 Å². The van der Waals surface area contributed by atoms with Crippen molar-refractivity contribution >= 4 is 16.8 Å². The Hall–Kier alpha value is -2.64. The first-order chi connectivity index (χ1) is 15.0. The van der Waals surface area contributed by atoms with Gasteiger partial charge in [0.2, 0.25) is 0 Å². The molecule has 0 bridgehead atoms. The Kier molecular flexibility index (Phi) is 6.73. The smallest absolute Gasteiger partial charge is 0.272 e. The Bertz CT molecular complexity index is 1000. The van der Waals surface area contributed by atoms with E-state index in [-0.39, 0.29) is 5.91 Å². The van der Waals surface area contributed by atoms with E-state index in [0.717, 1.165) is 50.1 Å². The van der Waals surface area contributed by atoms with Crippen molar-refractivity contribution in [3.8, 4) is 0 Å². The van der Waals surface area contributed by atoms with Crippen LogP contribution in [-0.2, 0) is 30.8 Å². The highest BCUT2D eigenvalue weighted by atomic mass is 16.5.